The largest absolute Gasteiger partial charge is 0.478 e. The molecule has 0 bridgehead atoms. The third-order valence-corrected chi connectivity index (χ3v) is 5.61. The van der Waals surface area contributed by atoms with E-state index in [1.54, 1.807) is 18.3 Å². The van der Waals surface area contributed by atoms with Crippen LogP contribution in [0.1, 0.15) is 26.7 Å². The van der Waals surface area contributed by atoms with Gasteiger partial charge in [-0.1, -0.05) is 6.07 Å². The van der Waals surface area contributed by atoms with Gasteiger partial charge in [-0.2, -0.15) is 5.10 Å². The summed E-state index contributed by atoms with van der Waals surface area (Å²) in [5, 5.41) is 15.7. The summed E-state index contributed by atoms with van der Waals surface area (Å²) >= 11 is 1.29. The predicted octanol–water partition coefficient (Wildman–Crippen LogP) is 3.62. The third-order valence-electron chi connectivity index (χ3n) is 4.32. The number of thioether (sulfide) groups is 1. The van der Waals surface area contributed by atoms with Crippen LogP contribution < -0.4 is 5.32 Å². The third kappa shape index (κ3) is 3.24. The molecule has 0 saturated heterocycles. The average molecular weight is 401 g/mol. The van der Waals surface area contributed by atoms with E-state index in [2.05, 4.69) is 10.4 Å². The monoisotopic (exact) mass is 401 g/mol. The second kappa shape index (κ2) is 7.08. The number of carbonyl (C=O) groups is 2. The Morgan fingerprint density at radius 2 is 1.93 bits per heavy atom. The number of nitrogens with zero attached hydrogens (tertiary/aromatic N) is 2. The molecule has 2 heterocycles. The zero-order valence-electron chi connectivity index (χ0n) is 14.2. The highest BCUT2D eigenvalue weighted by molar-refractivity contribution is 8.00. The van der Waals surface area contributed by atoms with Crippen molar-refractivity contribution in [2.45, 2.75) is 5.25 Å². The summed E-state index contributed by atoms with van der Waals surface area (Å²) < 4.78 is 28.5. The zero-order chi connectivity index (χ0) is 19.8. The molecule has 0 aliphatic carbocycles. The first-order valence-corrected chi connectivity index (χ1v) is 9.27. The molecule has 9 heteroatoms. The summed E-state index contributed by atoms with van der Waals surface area (Å²) in [5.41, 5.74) is 1.84. The smallest absolute Gasteiger partial charge is 0.335 e. The first-order chi connectivity index (χ1) is 13.4. The van der Waals surface area contributed by atoms with Gasteiger partial charge in [-0.15, -0.1) is 11.8 Å². The summed E-state index contributed by atoms with van der Waals surface area (Å²) in [6, 6.07) is 9.68. The summed E-state index contributed by atoms with van der Waals surface area (Å²) in [5.74, 6) is -2.65. The molecule has 4 rings (SSSR count). The molecular formula is C19H13F2N3O3S. The quantitative estimate of drug-likeness (QED) is 0.700. The minimum atomic E-state index is -1.05. The SMILES string of the molecule is O=C1CSC(c2ccc(F)c(F)c2)c2cnn(-c3ccc(C(=O)O)cc3)c2N1. The molecule has 0 fully saturated rings. The number of nitrogens with one attached hydrogen (secondary N) is 1. The van der Waals surface area contributed by atoms with Gasteiger partial charge in [0.25, 0.3) is 0 Å². The number of aromatic carboxylic acids is 1. The van der Waals surface area contributed by atoms with Gasteiger partial charge in [0, 0.05) is 5.56 Å². The Bertz CT molecular complexity index is 1080. The van der Waals surface area contributed by atoms with Gasteiger partial charge in [0.2, 0.25) is 5.91 Å². The molecule has 1 aliphatic rings. The first-order valence-electron chi connectivity index (χ1n) is 8.22. The Labute approximate surface area is 162 Å². The van der Waals surface area contributed by atoms with E-state index in [9.17, 15) is 18.4 Å². The molecule has 1 aliphatic heterocycles. The fraction of sp³-hybridized carbons (Fsp3) is 0.105. The van der Waals surface area contributed by atoms with Crippen molar-refractivity contribution < 1.29 is 23.5 Å². The van der Waals surface area contributed by atoms with Crippen LogP contribution in [-0.4, -0.2) is 32.5 Å². The van der Waals surface area contributed by atoms with Crippen molar-refractivity contribution in [2.24, 2.45) is 0 Å². The molecule has 1 unspecified atom stereocenters. The summed E-state index contributed by atoms with van der Waals surface area (Å²) in [6.45, 7) is 0. The fourth-order valence-corrected chi connectivity index (χ4v) is 4.07. The van der Waals surface area contributed by atoms with Gasteiger partial charge in [0.05, 0.1) is 28.5 Å². The lowest BCUT2D eigenvalue weighted by Crippen LogP contribution is -2.15. The molecule has 0 spiro atoms. The molecule has 6 nitrogen and oxygen atoms in total. The number of halogens is 2. The van der Waals surface area contributed by atoms with E-state index in [1.165, 1.54) is 34.6 Å². The van der Waals surface area contributed by atoms with Gasteiger partial charge in [0.15, 0.2) is 11.6 Å². The molecule has 1 atom stereocenters. The number of rotatable bonds is 3. The second-order valence-corrected chi connectivity index (χ2v) is 7.22. The molecule has 2 N–H and O–H groups in total. The van der Waals surface area contributed by atoms with Crippen molar-refractivity contribution in [2.75, 3.05) is 11.1 Å². The highest BCUT2D eigenvalue weighted by Gasteiger charge is 2.28. The van der Waals surface area contributed by atoms with Crippen LogP contribution in [0.5, 0.6) is 0 Å². The number of benzene rings is 2. The van der Waals surface area contributed by atoms with Gasteiger partial charge in [-0.3, -0.25) is 4.79 Å². The molecule has 1 amide bonds. The first kappa shape index (κ1) is 18.2. The van der Waals surface area contributed by atoms with Crippen molar-refractivity contribution in [3.63, 3.8) is 0 Å². The number of aromatic nitrogens is 2. The van der Waals surface area contributed by atoms with Gasteiger partial charge < -0.3 is 10.4 Å². The minimum absolute atomic E-state index is 0.126. The molecular weight excluding hydrogens is 388 g/mol. The van der Waals surface area contributed by atoms with Crippen LogP contribution in [-0.2, 0) is 4.79 Å². The predicted molar refractivity (Wildman–Crippen MR) is 99.8 cm³/mol. The number of fused-ring (bicyclic) bond motifs is 1. The molecule has 0 saturated carbocycles. The Kier molecular flexibility index (Phi) is 4.60. The molecule has 3 aromatic rings. The van der Waals surface area contributed by atoms with E-state index in [0.717, 1.165) is 12.1 Å². The van der Waals surface area contributed by atoms with Gasteiger partial charge in [-0.05, 0) is 42.0 Å². The molecule has 0 radical (unpaired) electrons. The maximum Gasteiger partial charge on any atom is 0.335 e. The highest BCUT2D eigenvalue weighted by Crippen LogP contribution is 2.42. The molecule has 1 aromatic heterocycles. The lowest BCUT2D eigenvalue weighted by Gasteiger charge is -2.14. The normalized spacial score (nSPS) is 16.2. The Morgan fingerprint density at radius 3 is 2.61 bits per heavy atom. The van der Waals surface area contributed by atoms with Crippen LogP contribution in [0.2, 0.25) is 0 Å². The van der Waals surface area contributed by atoms with E-state index in [1.807, 2.05) is 0 Å². The molecule has 2 aromatic carbocycles. The number of hydrogen-bond acceptors (Lipinski definition) is 4. The summed E-state index contributed by atoms with van der Waals surface area (Å²) in [7, 11) is 0. The van der Waals surface area contributed by atoms with Crippen LogP contribution in [0.4, 0.5) is 14.6 Å². The van der Waals surface area contributed by atoms with E-state index in [4.69, 9.17) is 5.11 Å². The molecule has 142 valence electrons. The van der Waals surface area contributed by atoms with E-state index >= 15 is 0 Å². The highest BCUT2D eigenvalue weighted by atomic mass is 32.2. The number of carboxylic acid groups (broad SMARTS) is 1. The topological polar surface area (TPSA) is 84.2 Å². The second-order valence-electron chi connectivity index (χ2n) is 6.13. The van der Waals surface area contributed by atoms with E-state index in [0.29, 0.717) is 22.6 Å². The lowest BCUT2D eigenvalue weighted by atomic mass is 10.1. The van der Waals surface area contributed by atoms with Crippen LogP contribution >= 0.6 is 11.8 Å². The minimum Gasteiger partial charge on any atom is -0.478 e. The van der Waals surface area contributed by atoms with Crippen LogP contribution in [0.25, 0.3) is 5.69 Å². The Balaban J connectivity index is 1.79. The van der Waals surface area contributed by atoms with Crippen LogP contribution in [0.15, 0.2) is 48.7 Å². The van der Waals surface area contributed by atoms with Gasteiger partial charge in [-0.25, -0.2) is 18.3 Å². The standard InChI is InChI=1S/C19H13F2N3O3S/c20-14-6-3-11(7-15(14)21)17-13-8-22-24(18(13)23-16(25)9-28-17)12-4-1-10(2-5-12)19(26)27/h1-8,17H,9H2,(H,23,25)(H,26,27). The fourth-order valence-electron chi connectivity index (χ4n) is 2.99. The maximum absolute atomic E-state index is 13.7. The number of carboxylic acids is 1. The van der Waals surface area contributed by atoms with E-state index in [-0.39, 0.29) is 17.2 Å². The molecule has 28 heavy (non-hydrogen) atoms. The Hall–Kier alpha value is -3.20. The van der Waals surface area contributed by atoms with E-state index < -0.39 is 22.9 Å². The summed E-state index contributed by atoms with van der Waals surface area (Å²) in [4.78, 5) is 23.2. The van der Waals surface area contributed by atoms with Crippen molar-refractivity contribution in [3.05, 3.63) is 77.0 Å². The Morgan fingerprint density at radius 1 is 1.18 bits per heavy atom. The van der Waals surface area contributed by atoms with Crippen molar-refractivity contribution in [1.29, 1.82) is 0 Å². The van der Waals surface area contributed by atoms with Crippen LogP contribution in [0, 0.1) is 11.6 Å². The maximum atomic E-state index is 13.7. The lowest BCUT2D eigenvalue weighted by molar-refractivity contribution is -0.113. The van der Waals surface area contributed by atoms with Gasteiger partial charge >= 0.3 is 5.97 Å². The number of amides is 1. The van der Waals surface area contributed by atoms with Crippen molar-refractivity contribution >= 4 is 29.5 Å². The average Bonchev–Trinajstić information content (AvgIpc) is 3.00. The number of hydrogen-bond donors (Lipinski definition) is 2. The number of carbonyl (C=O) groups excluding carboxylic acids is 1. The zero-order valence-corrected chi connectivity index (χ0v) is 15.0. The van der Waals surface area contributed by atoms with Crippen LogP contribution in [0.3, 0.4) is 0 Å². The van der Waals surface area contributed by atoms with Crippen molar-refractivity contribution in [3.8, 4) is 5.69 Å². The summed E-state index contributed by atoms with van der Waals surface area (Å²) in [6.07, 6.45) is 1.56. The van der Waals surface area contributed by atoms with Crippen molar-refractivity contribution in [1.82, 2.24) is 9.78 Å². The van der Waals surface area contributed by atoms with Gasteiger partial charge in [0.1, 0.15) is 5.82 Å². The number of anilines is 1.